The standard InChI is InChI=1S/C33H42N6O5S3.2C11H6F2N.Ir/c1-24-11-15-34-27(20-24)28-22-26(12-16-35-28)39-18-7-8-29(39)30(40)21-25(23-47(2,43)44)33(42)38-14-5-3-9-31(41)36-17-19-45-46-32-10-4-6-13-37-32;2*12-8-4-5-9(10(13)7-8)11-3-1-2-6-14-11;/h4,6,10-13,15-16,20,22,25,29H,3,5,7-9,14,17-19,21,23H2,1-2H3,(H,36,41)(H,38,42);2*1-4,6-7H;/q;2*-1;. The molecular weight excluding hydrogens is 1220 g/mol. The molecule has 2 aromatic carbocycles. The van der Waals surface area contributed by atoms with E-state index in [1.165, 1.54) is 0 Å². The van der Waals surface area contributed by atoms with Crippen LogP contribution in [0, 0.1) is 48.2 Å². The number of carbonyl (C=O) groups is 3. The number of carbonyl (C=O) groups excluding carboxylic acids is 3. The Labute approximate surface area is 461 Å². The second-order valence-electron chi connectivity index (χ2n) is 17.1. The molecule has 1 radical (unpaired) electrons. The van der Waals surface area contributed by atoms with Crippen LogP contribution in [0.4, 0.5) is 23.2 Å². The van der Waals surface area contributed by atoms with Gasteiger partial charge in [-0.1, -0.05) is 64.4 Å². The zero-order valence-corrected chi connectivity index (χ0v) is 46.3. The van der Waals surface area contributed by atoms with Crippen molar-refractivity contribution in [2.75, 3.05) is 42.3 Å². The largest absolute Gasteiger partial charge is 0.361 e. The van der Waals surface area contributed by atoms with Crippen molar-refractivity contribution in [3.63, 3.8) is 0 Å². The molecule has 8 rings (SSSR count). The summed E-state index contributed by atoms with van der Waals surface area (Å²) in [5.74, 6) is -3.90. The second kappa shape index (κ2) is 31.0. The molecule has 401 valence electrons. The molecule has 13 nitrogen and oxygen atoms in total. The van der Waals surface area contributed by atoms with Crippen LogP contribution in [0.15, 0.2) is 139 Å². The number of unbranched alkanes of at least 4 members (excludes halogenated alkanes) is 1. The van der Waals surface area contributed by atoms with Crippen LogP contribution in [-0.4, -0.2) is 94.4 Å². The van der Waals surface area contributed by atoms with Gasteiger partial charge < -0.3 is 25.5 Å². The summed E-state index contributed by atoms with van der Waals surface area (Å²) in [6, 6.07) is 32.0. The molecule has 76 heavy (non-hydrogen) atoms. The molecular formula is C55H54F4IrN8O5S3-2. The number of Topliss-reactive ketones (excluding diaryl/α,β-unsaturated/α-hetero) is 1. The van der Waals surface area contributed by atoms with E-state index in [4.69, 9.17) is 0 Å². The zero-order valence-electron chi connectivity index (χ0n) is 41.4. The number of hydrogen-bond donors (Lipinski definition) is 2. The number of sulfone groups is 1. The molecule has 2 amide bonds. The van der Waals surface area contributed by atoms with Crippen LogP contribution in [0.3, 0.4) is 0 Å². The van der Waals surface area contributed by atoms with Crippen molar-refractivity contribution in [3.05, 3.63) is 175 Å². The average molecular weight is 1270 g/mol. The van der Waals surface area contributed by atoms with Gasteiger partial charge in [-0.3, -0.25) is 41.9 Å². The van der Waals surface area contributed by atoms with E-state index in [1.807, 2.05) is 54.3 Å². The van der Waals surface area contributed by atoms with Crippen molar-refractivity contribution in [1.82, 2.24) is 35.6 Å². The van der Waals surface area contributed by atoms with Crippen LogP contribution in [0.2, 0.25) is 0 Å². The molecule has 5 aromatic heterocycles. The number of anilines is 1. The Morgan fingerprint density at radius 2 is 1.32 bits per heavy atom. The molecule has 7 aromatic rings. The molecule has 0 spiro atoms. The SMILES string of the molecule is Cc1ccnc(-c2cc(N3CCCC3C(=O)CC(CS(C)(=O)=O)C(=O)NCCCCC(=O)NCCSSc3ccccn3)ccn2)c1.Fc1c[c-]c(-c2ccccn2)c(F)c1.Fc1c[c-]c(-c2ccccn2)c(F)c1.[Ir]. The fraction of sp³-hybridized carbons (Fsp3) is 0.273. The van der Waals surface area contributed by atoms with E-state index in [-0.39, 0.29) is 49.3 Å². The Morgan fingerprint density at radius 1 is 0.724 bits per heavy atom. The number of benzene rings is 2. The van der Waals surface area contributed by atoms with E-state index in [1.54, 1.807) is 89.0 Å². The predicted octanol–water partition coefficient (Wildman–Crippen LogP) is 9.93. The molecule has 2 N–H and O–H groups in total. The molecule has 6 heterocycles. The number of nitrogens with zero attached hydrogens (tertiary/aromatic N) is 6. The maximum atomic E-state index is 13.6. The fourth-order valence-electron chi connectivity index (χ4n) is 7.69. The van der Waals surface area contributed by atoms with E-state index >= 15 is 0 Å². The molecule has 1 saturated heterocycles. The summed E-state index contributed by atoms with van der Waals surface area (Å²) < 4.78 is 76.0. The van der Waals surface area contributed by atoms with Crippen LogP contribution in [0.5, 0.6) is 0 Å². The van der Waals surface area contributed by atoms with Crippen molar-refractivity contribution in [2.24, 2.45) is 5.92 Å². The Kier molecular flexibility index (Phi) is 24.7. The minimum absolute atomic E-state index is 0. The van der Waals surface area contributed by atoms with Gasteiger partial charge in [-0.2, -0.15) is 0 Å². The van der Waals surface area contributed by atoms with Gasteiger partial charge in [0.2, 0.25) is 11.8 Å². The first-order chi connectivity index (χ1) is 36.1. The number of pyridine rings is 5. The van der Waals surface area contributed by atoms with Crippen LogP contribution in [-0.2, 0) is 44.3 Å². The smallest absolute Gasteiger partial charge is 0.224 e. The predicted molar refractivity (Wildman–Crippen MR) is 285 cm³/mol. The van der Waals surface area contributed by atoms with Crippen molar-refractivity contribution in [1.29, 1.82) is 0 Å². The molecule has 21 heteroatoms. The van der Waals surface area contributed by atoms with E-state index in [2.05, 4.69) is 47.7 Å². The summed E-state index contributed by atoms with van der Waals surface area (Å²) in [5.41, 5.74) is 4.61. The van der Waals surface area contributed by atoms with E-state index in [0.717, 1.165) is 64.7 Å². The zero-order chi connectivity index (χ0) is 53.6. The summed E-state index contributed by atoms with van der Waals surface area (Å²) in [6.45, 7) is 3.49. The number of hydrogen-bond acceptors (Lipinski definition) is 13. The van der Waals surface area contributed by atoms with Crippen molar-refractivity contribution >= 4 is 54.7 Å². The van der Waals surface area contributed by atoms with Crippen LogP contribution in [0.1, 0.15) is 44.1 Å². The fourth-order valence-corrected chi connectivity index (χ4v) is 10.5. The molecule has 1 fully saturated rings. The van der Waals surface area contributed by atoms with Gasteiger partial charge in [-0.05, 0) is 109 Å². The van der Waals surface area contributed by atoms with Crippen molar-refractivity contribution < 1.29 is 60.5 Å². The Bertz CT molecular complexity index is 3000. The topological polar surface area (TPSA) is 177 Å². The molecule has 2 atom stereocenters. The molecule has 1 aliphatic heterocycles. The molecule has 0 aliphatic carbocycles. The third kappa shape index (κ3) is 20.0. The van der Waals surface area contributed by atoms with Gasteiger partial charge in [0.25, 0.3) is 0 Å². The summed E-state index contributed by atoms with van der Waals surface area (Å²) >= 11 is 0. The van der Waals surface area contributed by atoms with Gasteiger partial charge in [0.05, 0.1) is 29.1 Å². The van der Waals surface area contributed by atoms with Crippen LogP contribution >= 0.6 is 21.6 Å². The molecule has 1 aliphatic rings. The number of rotatable bonds is 20. The van der Waals surface area contributed by atoms with Gasteiger partial charge in [-0.25, -0.2) is 13.4 Å². The van der Waals surface area contributed by atoms with Crippen LogP contribution in [0.25, 0.3) is 33.9 Å². The molecule has 2 unspecified atom stereocenters. The molecule has 0 bridgehead atoms. The minimum atomic E-state index is -3.52. The van der Waals surface area contributed by atoms with Gasteiger partial charge in [-0.15, -0.1) is 24.3 Å². The van der Waals surface area contributed by atoms with Crippen molar-refractivity contribution in [3.8, 4) is 33.9 Å². The van der Waals surface area contributed by atoms with Crippen LogP contribution < -0.4 is 15.5 Å². The maximum absolute atomic E-state index is 13.6. The quantitative estimate of drug-likeness (QED) is 0.0319. The van der Waals surface area contributed by atoms with Gasteiger partial charge in [0, 0.05) is 125 Å². The van der Waals surface area contributed by atoms with Gasteiger partial charge in [0.1, 0.15) is 14.9 Å². The first kappa shape index (κ1) is 60.5. The summed E-state index contributed by atoms with van der Waals surface area (Å²) in [7, 11) is -0.339. The first-order valence-corrected chi connectivity index (χ1v) is 28.2. The maximum Gasteiger partial charge on any atom is 0.224 e. The Morgan fingerprint density at radius 3 is 1.88 bits per heavy atom. The normalized spacial score (nSPS) is 13.2. The molecule has 0 saturated carbocycles. The van der Waals surface area contributed by atoms with Crippen molar-refractivity contribution in [2.45, 2.75) is 56.5 Å². The number of aromatic nitrogens is 5. The van der Waals surface area contributed by atoms with E-state index in [0.29, 0.717) is 62.4 Å². The van der Waals surface area contributed by atoms with Gasteiger partial charge >= 0.3 is 0 Å². The summed E-state index contributed by atoms with van der Waals surface area (Å²) in [6.07, 6.45) is 12.0. The number of nitrogens with one attached hydrogen (secondary N) is 2. The summed E-state index contributed by atoms with van der Waals surface area (Å²) in [4.78, 5) is 61.9. The minimum Gasteiger partial charge on any atom is -0.361 e. The third-order valence-corrected chi connectivity index (χ3v) is 14.5. The Hall–Kier alpha value is -6.38. The first-order valence-electron chi connectivity index (χ1n) is 23.8. The number of ketones is 1. The monoisotopic (exact) mass is 1270 g/mol. The average Bonchev–Trinajstić information content (AvgIpc) is 3.90. The number of halogens is 4. The van der Waals surface area contributed by atoms with Gasteiger partial charge in [0.15, 0.2) is 5.78 Å². The second-order valence-corrected chi connectivity index (χ2v) is 21.7. The van der Waals surface area contributed by atoms with E-state index < -0.39 is 56.7 Å². The number of aryl methyl sites for hydroxylation is 1. The third-order valence-electron chi connectivity index (χ3n) is 11.2. The van der Waals surface area contributed by atoms with E-state index in [9.17, 15) is 40.4 Å². The summed E-state index contributed by atoms with van der Waals surface area (Å²) in [5, 5.41) is 6.61. The number of amides is 2. The Balaban J connectivity index is 0.000000294.